The summed E-state index contributed by atoms with van der Waals surface area (Å²) in [4.78, 5) is 34.0. The molecule has 0 unspecified atom stereocenters. The lowest BCUT2D eigenvalue weighted by Crippen LogP contribution is -2.51. The highest BCUT2D eigenvalue weighted by molar-refractivity contribution is 6.01. The maximum absolute atomic E-state index is 13.1. The normalized spacial score (nSPS) is 19.5. The van der Waals surface area contributed by atoms with Crippen LogP contribution in [0.1, 0.15) is 42.5 Å². The van der Waals surface area contributed by atoms with Gasteiger partial charge in [-0.15, -0.1) is 0 Å². The molecule has 2 aromatic heterocycles. The zero-order chi connectivity index (χ0) is 22.6. The van der Waals surface area contributed by atoms with Gasteiger partial charge in [-0.25, -0.2) is 0 Å². The Morgan fingerprint density at radius 2 is 1.85 bits per heavy atom. The second-order valence-corrected chi connectivity index (χ2v) is 9.06. The van der Waals surface area contributed by atoms with Crippen molar-refractivity contribution in [3.63, 3.8) is 0 Å². The number of benzene rings is 1. The maximum Gasteiger partial charge on any atom is 0.251 e. The molecule has 2 amide bonds. The van der Waals surface area contributed by atoms with Crippen LogP contribution in [0.4, 0.5) is 0 Å². The number of piperidine rings is 2. The monoisotopic (exact) mass is 446 g/mol. The molecule has 2 N–H and O–H groups in total. The van der Waals surface area contributed by atoms with Crippen molar-refractivity contribution in [3.8, 4) is 11.3 Å². The lowest BCUT2D eigenvalue weighted by atomic mass is 10.0. The molecule has 4 heterocycles. The summed E-state index contributed by atoms with van der Waals surface area (Å²) in [5, 5.41) is 11.6. The molecular weight excluding hydrogens is 416 g/mol. The van der Waals surface area contributed by atoms with E-state index in [1.807, 2.05) is 35.2 Å². The van der Waals surface area contributed by atoms with Gasteiger partial charge in [0.05, 0.1) is 12.1 Å². The molecule has 172 valence electrons. The first-order valence-electron chi connectivity index (χ1n) is 11.9. The van der Waals surface area contributed by atoms with Crippen LogP contribution in [0, 0.1) is 0 Å². The largest absolute Gasteiger partial charge is 0.348 e. The van der Waals surface area contributed by atoms with Crippen molar-refractivity contribution in [3.05, 3.63) is 48.3 Å². The van der Waals surface area contributed by atoms with Crippen LogP contribution in [-0.4, -0.2) is 75.6 Å². The zero-order valence-corrected chi connectivity index (χ0v) is 18.8. The molecule has 3 aromatic rings. The molecular formula is C25H30N6O2. The SMILES string of the molecule is O=C(N[C@@H]1CCCN(CC(=O)N2CCCCC2)C1)c1ccc2[nH]nc(-c3ccncc3)c2c1. The molecule has 0 bridgehead atoms. The van der Waals surface area contributed by atoms with Crippen molar-refractivity contribution < 1.29 is 9.59 Å². The van der Waals surface area contributed by atoms with E-state index in [0.29, 0.717) is 18.7 Å². The Labute approximate surface area is 193 Å². The molecule has 33 heavy (non-hydrogen) atoms. The topological polar surface area (TPSA) is 94.2 Å². The number of hydrogen-bond donors (Lipinski definition) is 2. The average Bonchev–Trinajstić information content (AvgIpc) is 3.29. The van der Waals surface area contributed by atoms with Gasteiger partial charge in [0.15, 0.2) is 0 Å². The van der Waals surface area contributed by atoms with Gasteiger partial charge in [0.25, 0.3) is 5.91 Å². The van der Waals surface area contributed by atoms with E-state index in [1.165, 1.54) is 6.42 Å². The number of aromatic nitrogens is 3. The molecule has 1 aromatic carbocycles. The highest BCUT2D eigenvalue weighted by Crippen LogP contribution is 2.26. The van der Waals surface area contributed by atoms with Crippen LogP contribution >= 0.6 is 0 Å². The van der Waals surface area contributed by atoms with Gasteiger partial charge >= 0.3 is 0 Å². The van der Waals surface area contributed by atoms with Gasteiger partial charge in [0.1, 0.15) is 5.69 Å². The van der Waals surface area contributed by atoms with Crippen molar-refractivity contribution >= 4 is 22.7 Å². The Kier molecular flexibility index (Phi) is 6.35. The number of likely N-dealkylation sites (tertiary alicyclic amines) is 2. The first-order chi connectivity index (χ1) is 16.2. The minimum Gasteiger partial charge on any atom is -0.348 e. The first-order valence-corrected chi connectivity index (χ1v) is 11.9. The number of rotatable bonds is 5. The van der Waals surface area contributed by atoms with Crippen molar-refractivity contribution in [2.75, 3.05) is 32.7 Å². The molecule has 2 saturated heterocycles. The Hall–Kier alpha value is -3.26. The number of H-pyrrole nitrogens is 1. The van der Waals surface area contributed by atoms with Crippen LogP contribution in [0.25, 0.3) is 22.2 Å². The molecule has 0 aliphatic carbocycles. The van der Waals surface area contributed by atoms with Crippen LogP contribution < -0.4 is 5.32 Å². The van der Waals surface area contributed by atoms with Crippen LogP contribution in [0.2, 0.25) is 0 Å². The van der Waals surface area contributed by atoms with E-state index in [9.17, 15) is 9.59 Å². The Morgan fingerprint density at radius 1 is 1.03 bits per heavy atom. The van der Waals surface area contributed by atoms with Crippen molar-refractivity contribution in [1.29, 1.82) is 0 Å². The van der Waals surface area contributed by atoms with Crippen LogP contribution in [0.5, 0.6) is 0 Å². The molecule has 8 nitrogen and oxygen atoms in total. The smallest absolute Gasteiger partial charge is 0.251 e. The van der Waals surface area contributed by atoms with Gasteiger partial charge in [-0.05, 0) is 69.0 Å². The van der Waals surface area contributed by atoms with E-state index in [2.05, 4.69) is 25.4 Å². The van der Waals surface area contributed by atoms with Gasteiger partial charge in [-0.1, -0.05) is 0 Å². The standard InChI is InChI=1S/C25H30N6O2/c32-23(31-13-2-1-3-14-31)17-30-12-4-5-20(16-30)27-25(33)19-6-7-22-21(15-19)24(29-28-22)18-8-10-26-11-9-18/h6-11,15,20H,1-5,12-14,16-17H2,(H,27,33)(H,28,29)/t20-/m1/s1. The van der Waals surface area contributed by atoms with E-state index < -0.39 is 0 Å². The molecule has 0 saturated carbocycles. The number of carbonyl (C=O) groups excluding carboxylic acids is 2. The predicted molar refractivity (Wildman–Crippen MR) is 127 cm³/mol. The van der Waals surface area contributed by atoms with Gasteiger partial charge in [-0.3, -0.25) is 24.6 Å². The second-order valence-electron chi connectivity index (χ2n) is 9.06. The Morgan fingerprint density at radius 3 is 2.67 bits per heavy atom. The number of nitrogens with one attached hydrogen (secondary N) is 2. The fourth-order valence-corrected chi connectivity index (χ4v) is 4.91. The fourth-order valence-electron chi connectivity index (χ4n) is 4.91. The van der Waals surface area contributed by atoms with E-state index in [0.717, 1.165) is 67.5 Å². The average molecular weight is 447 g/mol. The highest BCUT2D eigenvalue weighted by Gasteiger charge is 2.25. The van der Waals surface area contributed by atoms with Crippen LogP contribution in [-0.2, 0) is 4.79 Å². The Bertz CT molecular complexity index is 1120. The minimum atomic E-state index is -0.0898. The highest BCUT2D eigenvalue weighted by atomic mass is 16.2. The first kappa shape index (κ1) is 21.6. The van der Waals surface area contributed by atoms with E-state index in [4.69, 9.17) is 0 Å². The number of fused-ring (bicyclic) bond motifs is 1. The number of carbonyl (C=O) groups is 2. The molecule has 5 rings (SSSR count). The van der Waals surface area contributed by atoms with Crippen molar-refractivity contribution in [2.24, 2.45) is 0 Å². The van der Waals surface area contributed by atoms with Crippen LogP contribution in [0.3, 0.4) is 0 Å². The molecule has 0 spiro atoms. The quantitative estimate of drug-likeness (QED) is 0.629. The summed E-state index contributed by atoms with van der Waals surface area (Å²) in [6, 6.07) is 9.47. The summed E-state index contributed by atoms with van der Waals surface area (Å²) in [6.07, 6.45) is 8.80. The third-order valence-corrected chi connectivity index (χ3v) is 6.69. The lowest BCUT2D eigenvalue weighted by molar-refractivity contribution is -0.133. The van der Waals surface area contributed by atoms with Crippen molar-refractivity contribution in [2.45, 2.75) is 38.1 Å². The number of pyridine rings is 1. The molecule has 2 aliphatic rings. The molecule has 8 heteroatoms. The maximum atomic E-state index is 13.1. The molecule has 2 aliphatic heterocycles. The van der Waals surface area contributed by atoms with E-state index >= 15 is 0 Å². The number of nitrogens with zero attached hydrogens (tertiary/aromatic N) is 4. The van der Waals surface area contributed by atoms with Gasteiger partial charge in [-0.2, -0.15) is 5.10 Å². The summed E-state index contributed by atoms with van der Waals surface area (Å²) in [5.41, 5.74) is 3.26. The predicted octanol–water partition coefficient (Wildman–Crippen LogP) is 2.83. The Balaban J connectivity index is 1.24. The van der Waals surface area contributed by atoms with Crippen LogP contribution in [0.15, 0.2) is 42.7 Å². The lowest BCUT2D eigenvalue weighted by Gasteiger charge is -2.35. The summed E-state index contributed by atoms with van der Waals surface area (Å²) >= 11 is 0. The van der Waals surface area contributed by atoms with Gasteiger partial charge in [0, 0.05) is 54.6 Å². The van der Waals surface area contributed by atoms with Crippen molar-refractivity contribution in [1.82, 2.24) is 30.3 Å². The van der Waals surface area contributed by atoms with E-state index in [1.54, 1.807) is 12.4 Å². The number of aromatic amines is 1. The summed E-state index contributed by atoms with van der Waals surface area (Å²) in [6.45, 7) is 3.82. The third kappa shape index (κ3) is 4.90. The van der Waals surface area contributed by atoms with Gasteiger partial charge < -0.3 is 10.2 Å². The minimum absolute atomic E-state index is 0.0418. The van der Waals surface area contributed by atoms with Gasteiger partial charge in [0.2, 0.25) is 5.91 Å². The summed E-state index contributed by atoms with van der Waals surface area (Å²) in [5.74, 6) is 0.128. The molecule has 1 atom stereocenters. The number of hydrogen-bond acceptors (Lipinski definition) is 5. The molecule has 0 radical (unpaired) electrons. The zero-order valence-electron chi connectivity index (χ0n) is 18.8. The molecule has 2 fully saturated rings. The van der Waals surface area contributed by atoms with E-state index in [-0.39, 0.29) is 17.9 Å². The second kappa shape index (κ2) is 9.70. The third-order valence-electron chi connectivity index (χ3n) is 6.69. The number of amides is 2. The summed E-state index contributed by atoms with van der Waals surface area (Å²) in [7, 11) is 0. The fraction of sp³-hybridized carbons (Fsp3) is 0.440. The summed E-state index contributed by atoms with van der Waals surface area (Å²) < 4.78 is 0.